The Bertz CT molecular complexity index is 433. The summed E-state index contributed by atoms with van der Waals surface area (Å²) in [5, 5.41) is 0. The molecule has 1 nitrogen and oxygen atoms in total. The second kappa shape index (κ2) is 5.33. The first-order valence-corrected chi connectivity index (χ1v) is 6.17. The number of hydrogen-bond donors (Lipinski definition) is 0. The first-order valence-electron chi connectivity index (χ1n) is 6.17. The van der Waals surface area contributed by atoms with E-state index in [1.165, 1.54) is 31.4 Å². The van der Waals surface area contributed by atoms with Crippen LogP contribution in [0.25, 0.3) is 0 Å². The summed E-state index contributed by atoms with van der Waals surface area (Å²) in [6, 6.07) is 4.54. The van der Waals surface area contributed by atoms with Gasteiger partial charge in [0.15, 0.2) is 0 Å². The molecule has 1 aromatic rings. The van der Waals surface area contributed by atoms with Crippen LogP contribution in [0.4, 0.5) is 4.39 Å². The van der Waals surface area contributed by atoms with E-state index in [4.69, 9.17) is 11.2 Å². The molecule has 0 aliphatic carbocycles. The van der Waals surface area contributed by atoms with Crippen molar-refractivity contribution in [1.82, 2.24) is 0 Å². The van der Waals surface area contributed by atoms with E-state index in [0.717, 1.165) is 17.5 Å². The number of epoxide rings is 1. The Kier molecular flexibility index (Phi) is 3.81. The molecule has 1 aliphatic heterocycles. The van der Waals surface area contributed by atoms with E-state index in [2.05, 4.69) is 12.8 Å². The van der Waals surface area contributed by atoms with Crippen molar-refractivity contribution in [3.63, 3.8) is 0 Å². The molecule has 0 aromatic heterocycles. The summed E-state index contributed by atoms with van der Waals surface area (Å²) in [5.74, 6) is 2.34. The SMILES string of the molecule is C#Cc1ccc(F)cc1C1OC1CCCCC. The van der Waals surface area contributed by atoms with E-state index in [9.17, 15) is 4.39 Å². The van der Waals surface area contributed by atoms with Crippen molar-refractivity contribution in [2.75, 3.05) is 0 Å². The van der Waals surface area contributed by atoms with Gasteiger partial charge in [-0.25, -0.2) is 4.39 Å². The van der Waals surface area contributed by atoms with Crippen LogP contribution >= 0.6 is 0 Å². The summed E-state index contributed by atoms with van der Waals surface area (Å²) in [7, 11) is 0. The molecular weight excluding hydrogens is 215 g/mol. The summed E-state index contributed by atoms with van der Waals surface area (Å²) in [5.41, 5.74) is 1.57. The van der Waals surface area contributed by atoms with E-state index < -0.39 is 0 Å². The highest BCUT2D eigenvalue weighted by molar-refractivity contribution is 5.43. The Labute approximate surface area is 102 Å². The molecule has 2 heteroatoms. The van der Waals surface area contributed by atoms with Crippen molar-refractivity contribution >= 4 is 0 Å². The third-order valence-electron chi connectivity index (χ3n) is 3.15. The first kappa shape index (κ1) is 12.1. The quantitative estimate of drug-likeness (QED) is 0.427. The van der Waals surface area contributed by atoms with Gasteiger partial charge in [0.05, 0.1) is 6.10 Å². The van der Waals surface area contributed by atoms with Gasteiger partial charge in [0.25, 0.3) is 0 Å². The Balaban J connectivity index is 2.00. The Morgan fingerprint density at radius 3 is 2.94 bits per heavy atom. The molecule has 2 atom stereocenters. The molecule has 0 amide bonds. The number of hydrogen-bond acceptors (Lipinski definition) is 1. The maximum Gasteiger partial charge on any atom is 0.123 e. The maximum atomic E-state index is 13.2. The van der Waals surface area contributed by atoms with Crippen LogP contribution < -0.4 is 0 Å². The largest absolute Gasteiger partial charge is 0.364 e. The molecule has 0 radical (unpaired) electrons. The topological polar surface area (TPSA) is 12.5 Å². The zero-order valence-electron chi connectivity index (χ0n) is 10.1. The highest BCUT2D eigenvalue weighted by Crippen LogP contribution is 2.43. The molecule has 0 N–H and O–H groups in total. The molecule has 1 saturated heterocycles. The monoisotopic (exact) mass is 232 g/mol. The molecule has 2 unspecified atom stereocenters. The van der Waals surface area contributed by atoms with E-state index in [-0.39, 0.29) is 18.0 Å². The smallest absolute Gasteiger partial charge is 0.123 e. The molecule has 1 fully saturated rings. The fourth-order valence-electron chi connectivity index (χ4n) is 2.13. The summed E-state index contributed by atoms with van der Waals surface area (Å²) in [6.07, 6.45) is 10.3. The number of unbranched alkanes of at least 4 members (excludes halogenated alkanes) is 2. The molecule has 1 heterocycles. The first-order chi connectivity index (χ1) is 8.26. The van der Waals surface area contributed by atoms with Crippen LogP contribution in [-0.2, 0) is 4.74 Å². The number of benzene rings is 1. The summed E-state index contributed by atoms with van der Waals surface area (Å²) >= 11 is 0. The van der Waals surface area contributed by atoms with Crippen LogP contribution in [0.15, 0.2) is 18.2 Å². The number of terminal acetylenes is 1. The van der Waals surface area contributed by atoms with Gasteiger partial charge in [0, 0.05) is 11.1 Å². The Hall–Kier alpha value is -1.33. The zero-order chi connectivity index (χ0) is 12.3. The minimum absolute atomic E-state index is 0.00797. The average Bonchev–Trinajstić information content (AvgIpc) is 3.09. The van der Waals surface area contributed by atoms with E-state index in [1.807, 2.05) is 0 Å². The number of ether oxygens (including phenoxy) is 1. The van der Waals surface area contributed by atoms with Crippen LogP contribution in [0.1, 0.15) is 49.8 Å². The number of halogens is 1. The van der Waals surface area contributed by atoms with Crippen LogP contribution in [0.5, 0.6) is 0 Å². The van der Waals surface area contributed by atoms with E-state index in [1.54, 1.807) is 6.07 Å². The van der Waals surface area contributed by atoms with E-state index in [0.29, 0.717) is 0 Å². The maximum absolute atomic E-state index is 13.2. The van der Waals surface area contributed by atoms with Crippen molar-refractivity contribution in [2.24, 2.45) is 0 Å². The lowest BCUT2D eigenvalue weighted by atomic mass is 10.0. The molecule has 17 heavy (non-hydrogen) atoms. The molecule has 1 aliphatic rings. The standard InChI is InChI=1S/C15H17FO/c1-3-5-6-7-14-15(17-14)13-10-12(16)9-8-11(13)4-2/h2,8-10,14-15H,3,5-7H2,1H3. The second-order valence-corrected chi connectivity index (χ2v) is 4.47. The van der Waals surface area contributed by atoms with E-state index >= 15 is 0 Å². The highest BCUT2D eigenvalue weighted by atomic mass is 19.1. The highest BCUT2D eigenvalue weighted by Gasteiger charge is 2.40. The van der Waals surface area contributed by atoms with Gasteiger partial charge in [-0.3, -0.25) is 0 Å². The van der Waals surface area contributed by atoms with Gasteiger partial charge in [-0.05, 0) is 24.6 Å². The fraction of sp³-hybridized carbons (Fsp3) is 0.467. The zero-order valence-corrected chi connectivity index (χ0v) is 10.1. The average molecular weight is 232 g/mol. The lowest BCUT2D eigenvalue weighted by molar-refractivity contribution is 0.360. The van der Waals surface area contributed by atoms with Gasteiger partial charge in [-0.15, -0.1) is 6.42 Å². The predicted molar refractivity (Wildman–Crippen MR) is 66.1 cm³/mol. The molecule has 0 bridgehead atoms. The lowest BCUT2D eigenvalue weighted by Crippen LogP contribution is -1.94. The van der Waals surface area contributed by atoms with Crippen LogP contribution in [0.2, 0.25) is 0 Å². The van der Waals surface area contributed by atoms with Crippen molar-refractivity contribution in [1.29, 1.82) is 0 Å². The van der Waals surface area contributed by atoms with Gasteiger partial charge in [-0.2, -0.15) is 0 Å². The normalized spacial score (nSPS) is 22.2. The van der Waals surface area contributed by atoms with Crippen molar-refractivity contribution in [2.45, 2.75) is 44.8 Å². The van der Waals surface area contributed by atoms with Crippen molar-refractivity contribution < 1.29 is 9.13 Å². The van der Waals surface area contributed by atoms with Crippen LogP contribution in [-0.4, -0.2) is 6.10 Å². The van der Waals surface area contributed by atoms with Gasteiger partial charge in [0.1, 0.15) is 11.9 Å². The summed E-state index contributed by atoms with van der Waals surface area (Å²) in [4.78, 5) is 0. The van der Waals surface area contributed by atoms with Gasteiger partial charge < -0.3 is 4.74 Å². The molecule has 2 rings (SSSR count). The van der Waals surface area contributed by atoms with Gasteiger partial charge in [0.2, 0.25) is 0 Å². The molecule has 1 aromatic carbocycles. The van der Waals surface area contributed by atoms with Gasteiger partial charge >= 0.3 is 0 Å². The lowest BCUT2D eigenvalue weighted by Gasteiger charge is -2.01. The summed E-state index contributed by atoms with van der Waals surface area (Å²) < 4.78 is 18.8. The minimum Gasteiger partial charge on any atom is -0.364 e. The molecule has 90 valence electrons. The third kappa shape index (κ3) is 2.87. The molecule has 0 saturated carbocycles. The van der Waals surface area contributed by atoms with Crippen LogP contribution in [0, 0.1) is 18.2 Å². The Morgan fingerprint density at radius 2 is 2.24 bits per heavy atom. The molecular formula is C15H17FO. The minimum atomic E-state index is -0.248. The van der Waals surface area contributed by atoms with Crippen LogP contribution in [0.3, 0.4) is 0 Å². The fourth-order valence-corrected chi connectivity index (χ4v) is 2.13. The third-order valence-corrected chi connectivity index (χ3v) is 3.15. The van der Waals surface area contributed by atoms with Crippen molar-refractivity contribution in [3.05, 3.63) is 35.1 Å². The predicted octanol–water partition coefficient (Wildman–Crippen LogP) is 3.83. The second-order valence-electron chi connectivity index (χ2n) is 4.47. The summed E-state index contributed by atoms with van der Waals surface area (Å²) in [6.45, 7) is 2.17. The Morgan fingerprint density at radius 1 is 1.41 bits per heavy atom. The molecule has 0 spiro atoms. The van der Waals surface area contributed by atoms with Crippen molar-refractivity contribution in [3.8, 4) is 12.3 Å². The van der Waals surface area contributed by atoms with Gasteiger partial charge in [-0.1, -0.05) is 32.1 Å². The number of rotatable bonds is 5.